The molecule has 0 fully saturated rings. The molecular weight excluding hydrogens is 364 g/mol. The quantitative estimate of drug-likeness (QED) is 0.791. The van der Waals surface area contributed by atoms with Crippen LogP contribution in [0.5, 0.6) is 0 Å². The Morgan fingerprint density at radius 3 is 2.40 bits per heavy atom. The monoisotopic (exact) mass is 384 g/mol. The topological polar surface area (TPSA) is 72.2 Å². The first-order chi connectivity index (χ1) is 8.76. The zero-order valence-electron chi connectivity index (χ0n) is 11.9. The molecule has 1 unspecified atom stereocenters. The van der Waals surface area contributed by atoms with Gasteiger partial charge in [-0.25, -0.2) is 13.1 Å². The Labute approximate surface area is 136 Å². The van der Waals surface area contributed by atoms with E-state index in [0.29, 0.717) is 12.5 Å². The third kappa shape index (κ3) is 5.69. The Morgan fingerprint density at radius 2 is 1.95 bits per heavy atom. The van der Waals surface area contributed by atoms with Crippen LogP contribution in [0.2, 0.25) is 0 Å². The molecule has 1 aromatic rings. The highest BCUT2D eigenvalue weighted by atomic mass is 79.9. The van der Waals surface area contributed by atoms with Crippen LogP contribution in [0.1, 0.15) is 25.8 Å². The Bertz CT molecular complexity index is 535. The molecule has 0 saturated heterocycles. The zero-order valence-corrected chi connectivity index (χ0v) is 15.1. The first-order valence-electron chi connectivity index (χ1n) is 6.24. The zero-order chi connectivity index (χ0) is 14.6. The lowest BCUT2D eigenvalue weighted by molar-refractivity contribution is 0.465. The lowest BCUT2D eigenvalue weighted by atomic mass is 10.1. The van der Waals surface area contributed by atoms with E-state index in [1.165, 1.54) is 0 Å². The smallest absolute Gasteiger partial charge is 0.240 e. The van der Waals surface area contributed by atoms with E-state index in [0.717, 1.165) is 16.5 Å². The molecule has 0 saturated carbocycles. The number of hydrogen-bond acceptors (Lipinski definition) is 3. The summed E-state index contributed by atoms with van der Waals surface area (Å²) in [5.41, 5.74) is 6.62. The van der Waals surface area contributed by atoms with Crippen molar-refractivity contribution >= 4 is 38.4 Å². The van der Waals surface area contributed by atoms with Crippen LogP contribution in [0, 0.1) is 12.8 Å². The Kier molecular flexibility index (Phi) is 8.28. The van der Waals surface area contributed by atoms with Crippen molar-refractivity contribution in [2.75, 3.05) is 6.54 Å². The van der Waals surface area contributed by atoms with E-state index < -0.39 is 10.0 Å². The average Bonchev–Trinajstić information content (AvgIpc) is 2.30. The number of halogens is 2. The molecule has 0 aliphatic carbocycles. The summed E-state index contributed by atoms with van der Waals surface area (Å²) in [6.45, 7) is 6.29. The number of sulfonamides is 1. The molecular formula is C13H22BrClN2O2S. The third-order valence-corrected chi connectivity index (χ3v) is 5.19. The van der Waals surface area contributed by atoms with Crippen LogP contribution in [0.3, 0.4) is 0 Å². The van der Waals surface area contributed by atoms with Crippen molar-refractivity contribution in [3.05, 3.63) is 28.2 Å². The summed E-state index contributed by atoms with van der Waals surface area (Å²) in [5, 5.41) is 0. The second-order valence-electron chi connectivity index (χ2n) is 5.09. The standard InChI is InChI=1S/C13H21BrN2O2S.ClH/c1-9(2)6-11(8-15)16-19(17,18)12-5-4-10(3)13(14)7-12;/h4-5,7,9,11,16H,6,8,15H2,1-3H3;1H. The van der Waals surface area contributed by atoms with Gasteiger partial charge < -0.3 is 5.73 Å². The fraction of sp³-hybridized carbons (Fsp3) is 0.538. The van der Waals surface area contributed by atoms with E-state index in [9.17, 15) is 8.42 Å². The van der Waals surface area contributed by atoms with Gasteiger partial charge in [0, 0.05) is 17.1 Å². The first-order valence-corrected chi connectivity index (χ1v) is 8.52. The van der Waals surface area contributed by atoms with Crippen LogP contribution in [-0.2, 0) is 10.0 Å². The molecule has 0 heterocycles. The lowest BCUT2D eigenvalue weighted by Crippen LogP contribution is -2.40. The van der Waals surface area contributed by atoms with Crippen molar-refractivity contribution in [2.45, 2.75) is 38.1 Å². The molecule has 0 amide bonds. The number of aryl methyl sites for hydroxylation is 1. The van der Waals surface area contributed by atoms with Crippen molar-refractivity contribution in [1.82, 2.24) is 4.72 Å². The van der Waals surface area contributed by atoms with Crippen LogP contribution in [0.15, 0.2) is 27.6 Å². The molecule has 3 N–H and O–H groups in total. The molecule has 4 nitrogen and oxygen atoms in total. The maximum atomic E-state index is 12.3. The third-order valence-electron chi connectivity index (χ3n) is 2.82. The van der Waals surface area contributed by atoms with Gasteiger partial charge in [-0.2, -0.15) is 0 Å². The number of rotatable bonds is 6. The minimum Gasteiger partial charge on any atom is -0.329 e. The van der Waals surface area contributed by atoms with Gasteiger partial charge in [0.1, 0.15) is 0 Å². The molecule has 0 radical (unpaired) electrons. The molecule has 7 heteroatoms. The van der Waals surface area contributed by atoms with E-state index >= 15 is 0 Å². The maximum Gasteiger partial charge on any atom is 0.240 e. The molecule has 0 aromatic heterocycles. The Morgan fingerprint density at radius 1 is 1.35 bits per heavy atom. The van der Waals surface area contributed by atoms with Gasteiger partial charge in [-0.05, 0) is 37.0 Å². The van der Waals surface area contributed by atoms with E-state index in [1.807, 2.05) is 20.8 Å². The van der Waals surface area contributed by atoms with Gasteiger partial charge >= 0.3 is 0 Å². The molecule has 1 atom stereocenters. The summed E-state index contributed by atoms with van der Waals surface area (Å²) in [5.74, 6) is 0.390. The van der Waals surface area contributed by atoms with Crippen LogP contribution in [0.4, 0.5) is 0 Å². The normalized spacial score (nSPS) is 13.1. The van der Waals surface area contributed by atoms with Crippen molar-refractivity contribution in [1.29, 1.82) is 0 Å². The molecule has 0 aliphatic rings. The summed E-state index contributed by atoms with van der Waals surface area (Å²) in [4.78, 5) is 0.257. The van der Waals surface area contributed by atoms with Gasteiger partial charge in [0.15, 0.2) is 0 Å². The van der Waals surface area contributed by atoms with Crippen molar-refractivity contribution in [2.24, 2.45) is 11.7 Å². The highest BCUT2D eigenvalue weighted by Crippen LogP contribution is 2.21. The van der Waals surface area contributed by atoms with Gasteiger partial charge in [0.2, 0.25) is 10.0 Å². The minimum absolute atomic E-state index is 0. The van der Waals surface area contributed by atoms with Crippen LogP contribution < -0.4 is 10.5 Å². The molecule has 116 valence electrons. The van der Waals surface area contributed by atoms with Gasteiger partial charge in [-0.15, -0.1) is 12.4 Å². The van der Waals surface area contributed by atoms with Gasteiger partial charge in [0.05, 0.1) is 4.90 Å². The summed E-state index contributed by atoms with van der Waals surface area (Å²) in [7, 11) is -3.52. The van der Waals surface area contributed by atoms with Gasteiger partial charge in [0.25, 0.3) is 0 Å². The fourth-order valence-corrected chi connectivity index (χ4v) is 3.61. The number of benzene rings is 1. The van der Waals surface area contributed by atoms with Crippen LogP contribution >= 0.6 is 28.3 Å². The second-order valence-corrected chi connectivity index (χ2v) is 7.66. The number of hydrogen-bond donors (Lipinski definition) is 2. The molecule has 0 bridgehead atoms. The number of nitrogens with two attached hydrogens (primary N) is 1. The first kappa shape index (κ1) is 19.9. The lowest BCUT2D eigenvalue weighted by Gasteiger charge is -2.19. The Hall–Kier alpha value is -0.140. The summed E-state index contributed by atoms with van der Waals surface area (Å²) >= 11 is 3.35. The summed E-state index contributed by atoms with van der Waals surface area (Å²) < 4.78 is 28.0. The fourth-order valence-electron chi connectivity index (χ4n) is 1.79. The highest BCUT2D eigenvalue weighted by Gasteiger charge is 2.20. The Balaban J connectivity index is 0.00000361. The maximum absolute atomic E-state index is 12.3. The SMILES string of the molecule is Cc1ccc(S(=O)(=O)NC(CN)CC(C)C)cc1Br.Cl. The molecule has 0 spiro atoms. The molecule has 1 aromatic carbocycles. The van der Waals surface area contributed by atoms with Crippen molar-refractivity contribution in [3.8, 4) is 0 Å². The average molecular weight is 386 g/mol. The van der Waals surface area contributed by atoms with E-state index in [-0.39, 0.29) is 23.3 Å². The van der Waals surface area contributed by atoms with Crippen LogP contribution in [0.25, 0.3) is 0 Å². The van der Waals surface area contributed by atoms with Gasteiger partial charge in [-0.1, -0.05) is 35.8 Å². The minimum atomic E-state index is -3.52. The predicted molar refractivity (Wildman–Crippen MR) is 88.7 cm³/mol. The number of nitrogens with one attached hydrogen (secondary N) is 1. The van der Waals surface area contributed by atoms with Crippen molar-refractivity contribution < 1.29 is 8.42 Å². The second kappa shape index (κ2) is 8.34. The van der Waals surface area contributed by atoms with E-state index in [1.54, 1.807) is 18.2 Å². The molecule has 20 heavy (non-hydrogen) atoms. The van der Waals surface area contributed by atoms with Crippen molar-refractivity contribution in [3.63, 3.8) is 0 Å². The summed E-state index contributed by atoms with van der Waals surface area (Å²) in [6.07, 6.45) is 0.725. The highest BCUT2D eigenvalue weighted by molar-refractivity contribution is 9.10. The molecule has 0 aliphatic heterocycles. The molecule has 1 rings (SSSR count). The summed E-state index contributed by atoms with van der Waals surface area (Å²) in [6, 6.07) is 4.76. The van der Waals surface area contributed by atoms with E-state index in [2.05, 4.69) is 20.7 Å². The predicted octanol–water partition coefficient (Wildman–Crippen LogP) is 2.83. The largest absolute Gasteiger partial charge is 0.329 e. The van der Waals surface area contributed by atoms with Crippen LogP contribution in [-0.4, -0.2) is 21.0 Å². The van der Waals surface area contributed by atoms with E-state index in [4.69, 9.17) is 5.73 Å². The van der Waals surface area contributed by atoms with Gasteiger partial charge in [-0.3, -0.25) is 0 Å².